The van der Waals surface area contributed by atoms with E-state index in [-0.39, 0.29) is 78.5 Å². The molecule has 0 aliphatic carbocycles. The number of carbonyl (C=O) groups excluding carboxylic acids is 1. The number of aliphatic hydroxyl groups excluding tert-OH is 1. The zero-order chi connectivity index (χ0) is 53.4. The quantitative estimate of drug-likeness (QED) is 0.0352. The van der Waals surface area contributed by atoms with Gasteiger partial charge in [0.15, 0.2) is 12.6 Å². The van der Waals surface area contributed by atoms with Crippen molar-refractivity contribution in [2.45, 2.75) is 121 Å². The minimum absolute atomic E-state index is 0.00374. The Balaban J connectivity index is 1.05. The molecule has 0 aromatic heterocycles. The molecule has 9 rings (SSSR count). The van der Waals surface area contributed by atoms with Gasteiger partial charge in [-0.15, -0.1) is 0 Å². The van der Waals surface area contributed by atoms with Crippen LogP contribution in [0, 0.1) is 0 Å². The van der Waals surface area contributed by atoms with Crippen molar-refractivity contribution in [3.63, 3.8) is 0 Å². The first kappa shape index (κ1) is 56.3. The Morgan fingerprint density at radius 2 is 0.718 bits per heavy atom. The molecule has 0 radical (unpaired) electrons. The highest BCUT2D eigenvalue weighted by Crippen LogP contribution is 2.36. The smallest absolute Gasteiger partial charge is 0.306 e. The molecule has 1 N–H and O–H groups in total. The van der Waals surface area contributed by atoms with Gasteiger partial charge < -0.3 is 57.2 Å². The van der Waals surface area contributed by atoms with Crippen LogP contribution in [0.15, 0.2) is 212 Å². The van der Waals surface area contributed by atoms with Gasteiger partial charge in [-0.2, -0.15) is 0 Å². The SMILES string of the molecule is O=C(CCCO[C@@H]1OC(COCc2ccccc2)[C@@H](O[C@@H]2OC(COCc3ccccc3)[C@H](O)[C@@H](OCc3ccccc3)C2OCc2ccccc2)[C@@H](OCc2ccccc2)C1OCc1ccccc1)OCc1ccccc1. The van der Waals surface area contributed by atoms with E-state index in [4.69, 9.17) is 52.1 Å². The van der Waals surface area contributed by atoms with E-state index in [9.17, 15) is 9.90 Å². The standard InChI is InChI=1S/C65H70O13/c66-57(71-41-50-27-12-3-13-28-50)37-22-38-70-64-63(75-45-54-35-20-7-21-36-54)61(73-43-52-31-16-5-17-32-52)59(56(77-64)47-69-40-49-25-10-2-11-26-49)78-65-62(74-44-53-33-18-6-19-34-53)60(72-42-51-29-14-4-15-30-51)58(67)55(76-65)46-68-39-48-23-8-1-9-24-48/h1-21,23-36,55-56,58-65,67H,22,37-47H2/t55?,56?,58-,59+,60+,61+,62?,63?,64+,65-/m0/s1. The molecule has 2 aliphatic heterocycles. The van der Waals surface area contributed by atoms with E-state index in [1.165, 1.54) is 0 Å². The summed E-state index contributed by atoms with van der Waals surface area (Å²) in [5, 5.41) is 12.4. The maximum Gasteiger partial charge on any atom is 0.306 e. The van der Waals surface area contributed by atoms with Crippen LogP contribution in [0.3, 0.4) is 0 Å². The van der Waals surface area contributed by atoms with Crippen LogP contribution >= 0.6 is 0 Å². The molecule has 7 aromatic rings. The molecule has 13 nitrogen and oxygen atoms in total. The fraction of sp³-hybridized carbons (Fsp3) is 0.338. The lowest BCUT2D eigenvalue weighted by atomic mass is 9.96. The van der Waals surface area contributed by atoms with Crippen LogP contribution in [0.2, 0.25) is 0 Å². The summed E-state index contributed by atoms with van der Waals surface area (Å²) >= 11 is 0. The molecule has 2 fully saturated rings. The lowest BCUT2D eigenvalue weighted by molar-refractivity contribution is -0.375. The van der Waals surface area contributed by atoms with Crippen LogP contribution in [0.25, 0.3) is 0 Å². The minimum Gasteiger partial charge on any atom is -0.461 e. The van der Waals surface area contributed by atoms with Crippen LogP contribution in [0.5, 0.6) is 0 Å². The predicted octanol–water partition coefficient (Wildman–Crippen LogP) is 10.5. The van der Waals surface area contributed by atoms with Gasteiger partial charge in [-0.3, -0.25) is 4.79 Å². The number of hydrogen-bond donors (Lipinski definition) is 1. The van der Waals surface area contributed by atoms with Crippen molar-refractivity contribution >= 4 is 5.97 Å². The van der Waals surface area contributed by atoms with Crippen molar-refractivity contribution in [2.24, 2.45) is 0 Å². The molecule has 2 saturated heterocycles. The highest BCUT2D eigenvalue weighted by Gasteiger charge is 2.54. The summed E-state index contributed by atoms with van der Waals surface area (Å²) in [6, 6.07) is 68.6. The van der Waals surface area contributed by atoms with Crippen LogP contribution in [0.4, 0.5) is 0 Å². The maximum atomic E-state index is 13.0. The number of benzene rings is 7. The van der Waals surface area contributed by atoms with E-state index in [1.807, 2.05) is 212 Å². The predicted molar refractivity (Wildman–Crippen MR) is 292 cm³/mol. The number of hydrogen-bond acceptors (Lipinski definition) is 13. The first-order chi connectivity index (χ1) is 38.5. The first-order valence-corrected chi connectivity index (χ1v) is 26.8. The third-order valence-electron chi connectivity index (χ3n) is 13.5. The summed E-state index contributed by atoms with van der Waals surface area (Å²) in [4.78, 5) is 13.0. The lowest BCUT2D eigenvalue weighted by Gasteiger charge is -2.49. The lowest BCUT2D eigenvalue weighted by Crippen LogP contribution is -2.66. The van der Waals surface area contributed by atoms with Gasteiger partial charge in [-0.1, -0.05) is 212 Å². The monoisotopic (exact) mass is 1060 g/mol. The third-order valence-corrected chi connectivity index (χ3v) is 13.5. The fourth-order valence-corrected chi connectivity index (χ4v) is 9.36. The van der Waals surface area contributed by atoms with Gasteiger partial charge in [0.05, 0.1) is 59.5 Å². The summed E-state index contributed by atoms with van der Waals surface area (Å²) in [6.45, 7) is 1.58. The number of aliphatic hydroxyl groups is 1. The normalized spacial score (nSPS) is 23.1. The van der Waals surface area contributed by atoms with Gasteiger partial charge in [0.2, 0.25) is 0 Å². The first-order valence-electron chi connectivity index (χ1n) is 26.8. The Bertz CT molecular complexity index is 2730. The average molecular weight is 1060 g/mol. The Labute approximate surface area is 457 Å². The molecule has 408 valence electrons. The number of carbonyl (C=O) groups is 1. The molecule has 0 saturated carbocycles. The fourth-order valence-electron chi connectivity index (χ4n) is 9.36. The Morgan fingerprint density at radius 3 is 1.15 bits per heavy atom. The van der Waals surface area contributed by atoms with Crippen LogP contribution in [-0.4, -0.2) is 92.3 Å². The average Bonchev–Trinajstić information content (AvgIpc) is 3.52. The van der Waals surface area contributed by atoms with Gasteiger partial charge in [0, 0.05) is 6.42 Å². The third kappa shape index (κ3) is 17.3. The molecule has 4 unspecified atom stereocenters. The number of esters is 1. The molecule has 78 heavy (non-hydrogen) atoms. The van der Waals surface area contributed by atoms with Gasteiger partial charge in [0.25, 0.3) is 0 Å². The van der Waals surface area contributed by atoms with E-state index in [0.29, 0.717) is 6.42 Å². The van der Waals surface area contributed by atoms with Crippen LogP contribution in [0.1, 0.15) is 51.8 Å². The van der Waals surface area contributed by atoms with Gasteiger partial charge in [0.1, 0.15) is 55.4 Å². The summed E-state index contributed by atoms with van der Waals surface area (Å²) in [6.07, 6.45) is -9.55. The Kier molecular flexibility index (Phi) is 22.1. The topological polar surface area (TPSA) is 139 Å². The molecular formula is C65H70O13. The van der Waals surface area contributed by atoms with Crippen molar-refractivity contribution in [3.05, 3.63) is 251 Å². The van der Waals surface area contributed by atoms with Crippen molar-refractivity contribution in [1.82, 2.24) is 0 Å². The molecule has 0 bridgehead atoms. The second-order valence-electron chi connectivity index (χ2n) is 19.3. The zero-order valence-corrected chi connectivity index (χ0v) is 43.8. The number of ether oxygens (including phenoxy) is 11. The molecule has 10 atom stereocenters. The molecular weight excluding hydrogens is 989 g/mol. The van der Waals surface area contributed by atoms with E-state index < -0.39 is 61.4 Å². The van der Waals surface area contributed by atoms with Crippen molar-refractivity contribution < 1.29 is 62.0 Å². The van der Waals surface area contributed by atoms with Gasteiger partial charge >= 0.3 is 5.97 Å². The molecule has 0 amide bonds. The number of rotatable bonds is 29. The molecule has 2 aliphatic rings. The minimum atomic E-state index is -1.21. The van der Waals surface area contributed by atoms with Crippen LogP contribution < -0.4 is 0 Å². The molecule has 13 heteroatoms. The second-order valence-corrected chi connectivity index (χ2v) is 19.3. The van der Waals surface area contributed by atoms with E-state index in [2.05, 4.69) is 0 Å². The Hall–Kier alpha value is -6.43. The second kappa shape index (κ2) is 30.6. The highest BCUT2D eigenvalue weighted by molar-refractivity contribution is 5.69. The van der Waals surface area contributed by atoms with Crippen LogP contribution in [-0.2, 0) is 103 Å². The largest absolute Gasteiger partial charge is 0.461 e. The maximum absolute atomic E-state index is 13.0. The van der Waals surface area contributed by atoms with E-state index >= 15 is 0 Å². The molecule has 2 heterocycles. The Morgan fingerprint density at radius 1 is 0.372 bits per heavy atom. The van der Waals surface area contributed by atoms with E-state index in [1.54, 1.807) is 0 Å². The molecule has 0 spiro atoms. The van der Waals surface area contributed by atoms with Crippen molar-refractivity contribution in [2.75, 3.05) is 19.8 Å². The summed E-state index contributed by atoms with van der Waals surface area (Å²) < 4.78 is 74.0. The van der Waals surface area contributed by atoms with Gasteiger partial charge in [-0.25, -0.2) is 0 Å². The van der Waals surface area contributed by atoms with Crippen molar-refractivity contribution in [3.8, 4) is 0 Å². The zero-order valence-electron chi connectivity index (χ0n) is 43.8. The van der Waals surface area contributed by atoms with E-state index in [0.717, 1.165) is 38.9 Å². The summed E-state index contributed by atoms with van der Waals surface area (Å²) in [5.74, 6) is -0.343. The van der Waals surface area contributed by atoms with Crippen molar-refractivity contribution in [1.29, 1.82) is 0 Å². The highest BCUT2D eigenvalue weighted by atomic mass is 16.8. The summed E-state index contributed by atoms with van der Waals surface area (Å²) in [7, 11) is 0. The van der Waals surface area contributed by atoms with Gasteiger partial charge in [-0.05, 0) is 45.4 Å². The molecule has 7 aromatic carbocycles. The summed E-state index contributed by atoms with van der Waals surface area (Å²) in [5.41, 5.74) is 6.48.